The SMILES string of the molecule is CC1CC(C)N(C(=O)c2sc(N3CCCCC3)nc2N)C1. The zero-order valence-corrected chi connectivity index (χ0v) is 13.7. The number of nitrogens with zero attached hydrogens (tertiary/aromatic N) is 3. The number of nitrogens with two attached hydrogens (primary N) is 1. The summed E-state index contributed by atoms with van der Waals surface area (Å²) >= 11 is 1.46. The molecule has 0 radical (unpaired) electrons. The quantitative estimate of drug-likeness (QED) is 0.912. The molecule has 2 unspecified atom stereocenters. The first kappa shape index (κ1) is 14.6. The highest BCUT2D eigenvalue weighted by molar-refractivity contribution is 7.18. The summed E-state index contributed by atoms with van der Waals surface area (Å²) in [6.45, 7) is 7.19. The van der Waals surface area contributed by atoms with Gasteiger partial charge in [-0.15, -0.1) is 0 Å². The number of amides is 1. The fourth-order valence-electron chi connectivity index (χ4n) is 3.41. The topological polar surface area (TPSA) is 62.5 Å². The lowest BCUT2D eigenvalue weighted by Crippen LogP contribution is -2.33. The highest BCUT2D eigenvalue weighted by Crippen LogP contribution is 2.33. The fraction of sp³-hybridized carbons (Fsp3) is 0.733. The van der Waals surface area contributed by atoms with Crippen molar-refractivity contribution < 1.29 is 4.79 Å². The molecule has 2 fully saturated rings. The molecule has 2 N–H and O–H groups in total. The molecule has 0 aromatic carbocycles. The van der Waals surface area contributed by atoms with E-state index in [-0.39, 0.29) is 5.91 Å². The van der Waals surface area contributed by atoms with Crippen LogP contribution in [-0.2, 0) is 0 Å². The number of nitrogen functional groups attached to an aromatic ring is 1. The molecule has 1 aromatic rings. The van der Waals surface area contributed by atoms with E-state index in [1.807, 2.05) is 4.90 Å². The number of piperidine rings is 1. The molecule has 0 saturated carbocycles. The van der Waals surface area contributed by atoms with Gasteiger partial charge in [-0.2, -0.15) is 0 Å². The molecule has 1 aromatic heterocycles. The number of carbonyl (C=O) groups excluding carboxylic acids is 1. The third kappa shape index (κ3) is 2.86. The zero-order chi connectivity index (χ0) is 15.0. The van der Waals surface area contributed by atoms with Crippen molar-refractivity contribution in [1.29, 1.82) is 0 Å². The van der Waals surface area contributed by atoms with Gasteiger partial charge in [-0.3, -0.25) is 4.79 Å². The molecule has 0 bridgehead atoms. The van der Waals surface area contributed by atoms with Crippen molar-refractivity contribution >= 4 is 28.2 Å². The molecular formula is C15H24N4OS. The van der Waals surface area contributed by atoms with E-state index in [4.69, 9.17) is 5.73 Å². The maximum absolute atomic E-state index is 12.7. The lowest BCUT2D eigenvalue weighted by molar-refractivity contribution is 0.0749. The van der Waals surface area contributed by atoms with Gasteiger partial charge in [-0.25, -0.2) is 4.98 Å². The van der Waals surface area contributed by atoms with E-state index in [1.165, 1.54) is 30.6 Å². The Morgan fingerprint density at radius 2 is 2.00 bits per heavy atom. The largest absolute Gasteiger partial charge is 0.382 e. The molecule has 6 heteroatoms. The van der Waals surface area contributed by atoms with Crippen LogP contribution < -0.4 is 10.6 Å². The van der Waals surface area contributed by atoms with Gasteiger partial charge < -0.3 is 15.5 Å². The second kappa shape index (κ2) is 5.83. The maximum atomic E-state index is 12.7. The summed E-state index contributed by atoms with van der Waals surface area (Å²) in [7, 11) is 0. The predicted molar refractivity (Wildman–Crippen MR) is 86.9 cm³/mol. The number of hydrogen-bond acceptors (Lipinski definition) is 5. The molecule has 0 aliphatic carbocycles. The van der Waals surface area contributed by atoms with E-state index in [2.05, 4.69) is 23.7 Å². The summed E-state index contributed by atoms with van der Waals surface area (Å²) in [5.41, 5.74) is 6.02. The van der Waals surface area contributed by atoms with E-state index in [0.717, 1.165) is 31.2 Å². The van der Waals surface area contributed by atoms with Gasteiger partial charge in [0.25, 0.3) is 5.91 Å². The summed E-state index contributed by atoms with van der Waals surface area (Å²) in [5, 5.41) is 0.912. The summed E-state index contributed by atoms with van der Waals surface area (Å²) in [4.78, 5) is 22.0. The van der Waals surface area contributed by atoms with Gasteiger partial charge in [0, 0.05) is 25.7 Å². The molecule has 116 valence electrons. The van der Waals surface area contributed by atoms with Crippen molar-refractivity contribution in [2.45, 2.75) is 45.6 Å². The van der Waals surface area contributed by atoms with Gasteiger partial charge in [0.2, 0.25) is 0 Å². The van der Waals surface area contributed by atoms with Crippen LogP contribution in [0.5, 0.6) is 0 Å². The number of thiazole rings is 1. The van der Waals surface area contributed by atoms with Crippen molar-refractivity contribution in [1.82, 2.24) is 9.88 Å². The lowest BCUT2D eigenvalue weighted by Gasteiger charge is -2.25. The van der Waals surface area contributed by atoms with Gasteiger partial charge in [0.15, 0.2) is 5.13 Å². The van der Waals surface area contributed by atoms with Crippen LogP contribution in [0.1, 0.15) is 49.2 Å². The Balaban J connectivity index is 1.79. The highest BCUT2D eigenvalue weighted by atomic mass is 32.1. The van der Waals surface area contributed by atoms with E-state index >= 15 is 0 Å². The van der Waals surface area contributed by atoms with Crippen LogP contribution in [-0.4, -0.2) is 41.5 Å². The monoisotopic (exact) mass is 308 g/mol. The molecule has 2 atom stereocenters. The van der Waals surface area contributed by atoms with Crippen molar-refractivity contribution in [2.75, 3.05) is 30.3 Å². The molecule has 2 saturated heterocycles. The summed E-state index contributed by atoms with van der Waals surface area (Å²) in [6.07, 6.45) is 4.75. The van der Waals surface area contributed by atoms with Crippen LogP contribution in [0.3, 0.4) is 0 Å². The minimum atomic E-state index is 0.0603. The Morgan fingerprint density at radius 1 is 1.29 bits per heavy atom. The first-order valence-corrected chi connectivity index (χ1v) is 8.70. The first-order valence-electron chi connectivity index (χ1n) is 7.88. The van der Waals surface area contributed by atoms with Gasteiger partial charge in [-0.1, -0.05) is 18.3 Å². The van der Waals surface area contributed by atoms with Crippen LogP contribution in [0.2, 0.25) is 0 Å². The van der Waals surface area contributed by atoms with Crippen molar-refractivity contribution in [3.63, 3.8) is 0 Å². The van der Waals surface area contributed by atoms with Gasteiger partial charge in [-0.05, 0) is 38.5 Å². The van der Waals surface area contributed by atoms with Crippen LogP contribution in [0.15, 0.2) is 0 Å². The smallest absolute Gasteiger partial charge is 0.268 e. The third-order valence-corrected chi connectivity index (χ3v) is 5.63. The third-order valence-electron chi connectivity index (χ3n) is 4.51. The number of aromatic nitrogens is 1. The van der Waals surface area contributed by atoms with Crippen molar-refractivity contribution in [3.8, 4) is 0 Å². The van der Waals surface area contributed by atoms with Gasteiger partial charge in [0.1, 0.15) is 10.7 Å². The lowest BCUT2D eigenvalue weighted by atomic mass is 10.1. The number of carbonyl (C=O) groups is 1. The number of anilines is 2. The molecular weight excluding hydrogens is 284 g/mol. The minimum Gasteiger partial charge on any atom is -0.382 e. The molecule has 3 rings (SSSR count). The van der Waals surface area contributed by atoms with E-state index in [0.29, 0.717) is 22.7 Å². The molecule has 2 aliphatic rings. The maximum Gasteiger partial charge on any atom is 0.268 e. The molecule has 0 spiro atoms. The predicted octanol–water partition coefficient (Wildman–Crippen LogP) is 2.59. The van der Waals surface area contributed by atoms with Gasteiger partial charge >= 0.3 is 0 Å². The number of rotatable bonds is 2. The summed E-state index contributed by atoms with van der Waals surface area (Å²) in [6, 6.07) is 0.299. The highest BCUT2D eigenvalue weighted by Gasteiger charge is 2.33. The second-order valence-corrected chi connectivity index (χ2v) is 7.38. The van der Waals surface area contributed by atoms with Gasteiger partial charge in [0.05, 0.1) is 0 Å². The van der Waals surface area contributed by atoms with Crippen LogP contribution in [0, 0.1) is 5.92 Å². The van der Waals surface area contributed by atoms with Crippen LogP contribution >= 0.6 is 11.3 Å². The fourth-order valence-corrected chi connectivity index (χ4v) is 4.40. The Kier molecular flexibility index (Phi) is 4.06. The van der Waals surface area contributed by atoms with Crippen molar-refractivity contribution in [2.24, 2.45) is 5.92 Å². The Hall–Kier alpha value is -1.30. The molecule has 2 aliphatic heterocycles. The van der Waals surface area contributed by atoms with Crippen LogP contribution in [0.25, 0.3) is 0 Å². The minimum absolute atomic E-state index is 0.0603. The first-order chi connectivity index (χ1) is 10.1. The average Bonchev–Trinajstić information content (AvgIpc) is 3.02. The second-order valence-electron chi connectivity index (χ2n) is 6.41. The number of hydrogen-bond donors (Lipinski definition) is 1. The summed E-state index contributed by atoms with van der Waals surface area (Å²) in [5.74, 6) is 1.03. The standard InChI is InChI=1S/C15H24N4OS/c1-10-8-11(2)19(9-10)14(20)12-13(16)17-15(21-12)18-6-4-3-5-7-18/h10-11H,3-9,16H2,1-2H3. The Labute approximate surface area is 130 Å². The Morgan fingerprint density at radius 3 is 2.62 bits per heavy atom. The normalized spacial score (nSPS) is 26.4. The van der Waals surface area contributed by atoms with Crippen LogP contribution in [0.4, 0.5) is 10.9 Å². The summed E-state index contributed by atoms with van der Waals surface area (Å²) < 4.78 is 0. The Bertz CT molecular complexity index is 524. The average molecular weight is 308 g/mol. The van der Waals surface area contributed by atoms with E-state index in [9.17, 15) is 4.79 Å². The van der Waals surface area contributed by atoms with E-state index in [1.54, 1.807) is 0 Å². The molecule has 1 amide bonds. The molecule has 3 heterocycles. The number of likely N-dealkylation sites (tertiary alicyclic amines) is 1. The molecule has 21 heavy (non-hydrogen) atoms. The van der Waals surface area contributed by atoms with E-state index < -0.39 is 0 Å². The van der Waals surface area contributed by atoms with Crippen molar-refractivity contribution in [3.05, 3.63) is 4.88 Å². The molecule has 5 nitrogen and oxygen atoms in total. The zero-order valence-electron chi connectivity index (χ0n) is 12.8.